The molecular formula is C19H18FN7. The van der Waals surface area contributed by atoms with Gasteiger partial charge >= 0.3 is 0 Å². The summed E-state index contributed by atoms with van der Waals surface area (Å²) in [5, 5.41) is 13.5. The Morgan fingerprint density at radius 1 is 1.04 bits per heavy atom. The molecule has 3 aromatic rings. The highest BCUT2D eigenvalue weighted by atomic mass is 19.1. The van der Waals surface area contributed by atoms with Gasteiger partial charge in [-0.3, -0.25) is 0 Å². The predicted octanol–water partition coefficient (Wildman–Crippen LogP) is 2.31. The minimum atomic E-state index is -0.392. The molecule has 0 amide bonds. The van der Waals surface area contributed by atoms with Crippen molar-refractivity contribution < 1.29 is 4.39 Å². The molecule has 0 bridgehead atoms. The van der Waals surface area contributed by atoms with Crippen molar-refractivity contribution in [2.24, 2.45) is 0 Å². The summed E-state index contributed by atoms with van der Waals surface area (Å²) < 4.78 is 15.1. The maximum Gasteiger partial charge on any atom is 0.159 e. The van der Waals surface area contributed by atoms with E-state index in [2.05, 4.69) is 30.9 Å². The highest BCUT2D eigenvalue weighted by Gasteiger charge is 2.21. The fraction of sp³-hybridized carbons (Fsp3) is 0.263. The maximum atomic E-state index is 13.4. The molecule has 8 heteroatoms. The van der Waals surface area contributed by atoms with Crippen molar-refractivity contribution in [2.75, 3.05) is 36.0 Å². The molecule has 0 N–H and O–H groups in total. The predicted molar refractivity (Wildman–Crippen MR) is 99.4 cm³/mol. The first kappa shape index (κ1) is 17.0. The van der Waals surface area contributed by atoms with Crippen molar-refractivity contribution in [3.63, 3.8) is 0 Å². The quantitative estimate of drug-likeness (QED) is 0.711. The number of benzene rings is 1. The first-order valence-electron chi connectivity index (χ1n) is 8.69. The van der Waals surface area contributed by atoms with Gasteiger partial charge in [-0.2, -0.15) is 10.4 Å². The Morgan fingerprint density at radius 3 is 2.48 bits per heavy atom. The van der Waals surface area contributed by atoms with Gasteiger partial charge in [0.15, 0.2) is 5.82 Å². The van der Waals surface area contributed by atoms with E-state index in [4.69, 9.17) is 0 Å². The van der Waals surface area contributed by atoms with Crippen molar-refractivity contribution in [2.45, 2.75) is 6.92 Å². The standard InChI is InChI=1S/C19H18FN7/c1-14-23-18(12-19(24-14)27-6-2-5-22-27)26-9-7-25(8-10-26)17-4-3-16(20)11-15(17)13-21/h2-6,11-12H,7-10H2,1H3. The molecule has 1 aliphatic rings. The summed E-state index contributed by atoms with van der Waals surface area (Å²) in [4.78, 5) is 13.3. The van der Waals surface area contributed by atoms with Gasteiger partial charge in [0.05, 0.1) is 11.3 Å². The number of piperazine rings is 1. The Hall–Kier alpha value is -3.47. The Bertz CT molecular complexity index is 986. The molecule has 3 heterocycles. The Balaban J connectivity index is 1.53. The van der Waals surface area contributed by atoms with Gasteiger partial charge < -0.3 is 9.80 Å². The van der Waals surface area contributed by atoms with E-state index >= 15 is 0 Å². The summed E-state index contributed by atoms with van der Waals surface area (Å²) in [7, 11) is 0. The van der Waals surface area contributed by atoms with Crippen molar-refractivity contribution >= 4 is 11.5 Å². The molecule has 7 nitrogen and oxygen atoms in total. The van der Waals surface area contributed by atoms with E-state index in [1.165, 1.54) is 12.1 Å². The molecular weight excluding hydrogens is 345 g/mol. The normalized spacial score (nSPS) is 14.3. The minimum Gasteiger partial charge on any atom is -0.367 e. The van der Waals surface area contributed by atoms with Gasteiger partial charge in [0.2, 0.25) is 0 Å². The highest BCUT2D eigenvalue weighted by Crippen LogP contribution is 2.24. The average Bonchev–Trinajstić information content (AvgIpc) is 3.22. The summed E-state index contributed by atoms with van der Waals surface area (Å²) in [5.74, 6) is 1.88. The monoisotopic (exact) mass is 363 g/mol. The van der Waals surface area contributed by atoms with Crippen LogP contribution in [0.15, 0.2) is 42.7 Å². The topological polar surface area (TPSA) is 73.9 Å². The highest BCUT2D eigenvalue weighted by molar-refractivity contribution is 5.60. The molecule has 0 spiro atoms. The second-order valence-corrected chi connectivity index (χ2v) is 6.33. The van der Waals surface area contributed by atoms with E-state index in [0.29, 0.717) is 11.4 Å². The fourth-order valence-electron chi connectivity index (χ4n) is 3.27. The van der Waals surface area contributed by atoms with Gasteiger partial charge in [0.1, 0.15) is 23.5 Å². The second kappa shape index (κ2) is 7.03. The van der Waals surface area contributed by atoms with Crippen LogP contribution in [0.5, 0.6) is 0 Å². The van der Waals surface area contributed by atoms with Crippen LogP contribution in [0.1, 0.15) is 11.4 Å². The first-order valence-corrected chi connectivity index (χ1v) is 8.69. The van der Waals surface area contributed by atoms with Gasteiger partial charge in [-0.25, -0.2) is 19.0 Å². The summed E-state index contributed by atoms with van der Waals surface area (Å²) in [5.41, 5.74) is 1.14. The lowest BCUT2D eigenvalue weighted by molar-refractivity contribution is 0.623. The summed E-state index contributed by atoms with van der Waals surface area (Å²) in [6, 6.07) is 10.2. The second-order valence-electron chi connectivity index (χ2n) is 6.33. The van der Waals surface area contributed by atoms with Gasteiger partial charge in [0.25, 0.3) is 0 Å². The molecule has 1 aromatic carbocycles. The molecule has 0 aliphatic carbocycles. The lowest BCUT2D eigenvalue weighted by atomic mass is 10.1. The number of halogens is 1. The van der Waals surface area contributed by atoms with Crippen molar-refractivity contribution in [3.8, 4) is 11.9 Å². The van der Waals surface area contributed by atoms with Crippen molar-refractivity contribution in [3.05, 3.63) is 59.9 Å². The van der Waals surface area contributed by atoms with Crippen LogP contribution < -0.4 is 9.80 Å². The van der Waals surface area contributed by atoms with Gasteiger partial charge in [-0.05, 0) is 31.2 Å². The number of aryl methyl sites for hydroxylation is 1. The van der Waals surface area contributed by atoms with E-state index < -0.39 is 5.82 Å². The van der Waals surface area contributed by atoms with Crippen LogP contribution in [0.4, 0.5) is 15.9 Å². The average molecular weight is 363 g/mol. The fourth-order valence-corrected chi connectivity index (χ4v) is 3.27. The minimum absolute atomic E-state index is 0.363. The number of hydrogen-bond donors (Lipinski definition) is 0. The summed E-state index contributed by atoms with van der Waals surface area (Å²) in [6.07, 6.45) is 3.56. The number of hydrogen-bond acceptors (Lipinski definition) is 6. The maximum absolute atomic E-state index is 13.4. The lowest BCUT2D eigenvalue weighted by Gasteiger charge is -2.37. The molecule has 1 saturated heterocycles. The molecule has 2 aromatic heterocycles. The number of aromatic nitrogens is 4. The van der Waals surface area contributed by atoms with Crippen molar-refractivity contribution in [1.29, 1.82) is 5.26 Å². The van der Waals surface area contributed by atoms with Crippen LogP contribution in [-0.2, 0) is 0 Å². The molecule has 1 fully saturated rings. The third kappa shape index (κ3) is 3.44. The van der Waals surface area contributed by atoms with Crippen LogP contribution in [0, 0.1) is 24.1 Å². The first-order chi connectivity index (χ1) is 13.1. The smallest absolute Gasteiger partial charge is 0.159 e. The van der Waals surface area contributed by atoms with Gasteiger partial charge in [-0.15, -0.1) is 0 Å². The molecule has 0 unspecified atom stereocenters. The Kier molecular flexibility index (Phi) is 4.42. The number of nitriles is 1. The van der Waals surface area contributed by atoms with E-state index in [-0.39, 0.29) is 0 Å². The van der Waals surface area contributed by atoms with Crippen LogP contribution >= 0.6 is 0 Å². The Morgan fingerprint density at radius 2 is 1.78 bits per heavy atom. The number of nitrogens with zero attached hydrogens (tertiary/aromatic N) is 7. The van der Waals surface area contributed by atoms with Crippen LogP contribution in [0.2, 0.25) is 0 Å². The van der Waals surface area contributed by atoms with E-state index in [9.17, 15) is 9.65 Å². The molecule has 0 atom stereocenters. The van der Waals surface area contributed by atoms with E-state index in [1.54, 1.807) is 16.9 Å². The summed E-state index contributed by atoms with van der Waals surface area (Å²) >= 11 is 0. The molecule has 0 radical (unpaired) electrons. The Labute approximate surface area is 156 Å². The zero-order valence-electron chi connectivity index (χ0n) is 14.9. The van der Waals surface area contributed by atoms with Gasteiger partial charge in [0, 0.05) is 44.6 Å². The molecule has 4 rings (SSSR count). The lowest BCUT2D eigenvalue weighted by Crippen LogP contribution is -2.47. The van der Waals surface area contributed by atoms with E-state index in [1.807, 2.05) is 25.3 Å². The van der Waals surface area contributed by atoms with Gasteiger partial charge in [-0.1, -0.05) is 0 Å². The molecule has 136 valence electrons. The number of rotatable bonds is 3. The van der Waals surface area contributed by atoms with Crippen LogP contribution in [0.3, 0.4) is 0 Å². The summed E-state index contributed by atoms with van der Waals surface area (Å²) in [6.45, 7) is 4.81. The SMILES string of the molecule is Cc1nc(N2CCN(c3ccc(F)cc3C#N)CC2)cc(-n2cccn2)n1. The van der Waals surface area contributed by atoms with Crippen molar-refractivity contribution in [1.82, 2.24) is 19.7 Å². The van der Waals surface area contributed by atoms with Crippen LogP contribution in [0.25, 0.3) is 5.82 Å². The zero-order chi connectivity index (χ0) is 18.8. The molecule has 0 saturated carbocycles. The largest absolute Gasteiger partial charge is 0.367 e. The third-order valence-electron chi connectivity index (χ3n) is 4.57. The van der Waals surface area contributed by atoms with Crippen LogP contribution in [-0.4, -0.2) is 45.9 Å². The number of anilines is 2. The molecule has 1 aliphatic heterocycles. The van der Waals surface area contributed by atoms with E-state index in [0.717, 1.165) is 43.5 Å². The zero-order valence-corrected chi connectivity index (χ0v) is 14.9. The molecule has 27 heavy (non-hydrogen) atoms. The third-order valence-corrected chi connectivity index (χ3v) is 4.57.